The average Bonchev–Trinajstić information content (AvgIpc) is 3.11. The Hall–Kier alpha value is -2.45. The zero-order valence-electron chi connectivity index (χ0n) is 17.0. The lowest BCUT2D eigenvalue weighted by atomic mass is 10.1. The summed E-state index contributed by atoms with van der Waals surface area (Å²) < 4.78 is 40.8. The van der Waals surface area contributed by atoms with Gasteiger partial charge in [0.1, 0.15) is 5.82 Å². The standard InChI is InChI=1S/C22H26FN3O3S/c1-17-15-20(7-8-21(17)23)30(28,29)25-11-9-19(10-12-25)26-14-13-24(22(26)27)16-18-5-3-2-4-6-18/h2-8,15,19H,9-14,16H2,1H3. The molecule has 6 nitrogen and oxygen atoms in total. The van der Waals surface area contributed by atoms with Gasteiger partial charge in [0.05, 0.1) is 4.90 Å². The first-order chi connectivity index (χ1) is 14.4. The number of carbonyl (C=O) groups is 1. The molecular weight excluding hydrogens is 405 g/mol. The number of carbonyl (C=O) groups excluding carboxylic acids is 1. The number of halogens is 1. The normalized spacial score (nSPS) is 18.9. The van der Waals surface area contributed by atoms with Crippen LogP contribution in [0.4, 0.5) is 9.18 Å². The first-order valence-corrected chi connectivity index (χ1v) is 11.7. The summed E-state index contributed by atoms with van der Waals surface area (Å²) in [6.45, 7) is 4.20. The third kappa shape index (κ3) is 4.06. The number of hydrogen-bond acceptors (Lipinski definition) is 3. The van der Waals surface area contributed by atoms with E-state index in [1.807, 2.05) is 40.1 Å². The van der Waals surface area contributed by atoms with Crippen molar-refractivity contribution in [2.45, 2.75) is 37.2 Å². The lowest BCUT2D eigenvalue weighted by molar-refractivity contribution is 0.153. The Balaban J connectivity index is 1.37. The maximum atomic E-state index is 13.5. The minimum absolute atomic E-state index is 0.0225. The Kier molecular flexibility index (Phi) is 5.79. The van der Waals surface area contributed by atoms with Gasteiger partial charge in [-0.15, -0.1) is 0 Å². The third-order valence-corrected chi connectivity index (χ3v) is 7.87. The van der Waals surface area contributed by atoms with Crippen molar-refractivity contribution in [2.75, 3.05) is 26.2 Å². The topological polar surface area (TPSA) is 60.9 Å². The monoisotopic (exact) mass is 431 g/mol. The number of amides is 2. The van der Waals surface area contributed by atoms with Gasteiger partial charge in [-0.2, -0.15) is 4.31 Å². The lowest BCUT2D eigenvalue weighted by Crippen LogP contribution is -2.47. The highest BCUT2D eigenvalue weighted by Crippen LogP contribution is 2.26. The third-order valence-electron chi connectivity index (χ3n) is 5.97. The van der Waals surface area contributed by atoms with Crippen LogP contribution in [0.5, 0.6) is 0 Å². The summed E-state index contributed by atoms with van der Waals surface area (Å²) in [6, 6.07) is 13.9. The molecule has 0 radical (unpaired) electrons. The van der Waals surface area contributed by atoms with Crippen molar-refractivity contribution >= 4 is 16.1 Å². The molecule has 2 aliphatic heterocycles. The minimum atomic E-state index is -3.66. The van der Waals surface area contributed by atoms with Crippen LogP contribution in [0.15, 0.2) is 53.4 Å². The molecule has 0 aromatic heterocycles. The highest BCUT2D eigenvalue weighted by Gasteiger charge is 2.37. The van der Waals surface area contributed by atoms with Crippen LogP contribution in [0.25, 0.3) is 0 Å². The molecule has 30 heavy (non-hydrogen) atoms. The highest BCUT2D eigenvalue weighted by atomic mass is 32.2. The molecule has 0 bridgehead atoms. The number of urea groups is 1. The van der Waals surface area contributed by atoms with Gasteiger partial charge in [-0.1, -0.05) is 30.3 Å². The van der Waals surface area contributed by atoms with E-state index in [4.69, 9.17) is 0 Å². The molecule has 2 fully saturated rings. The van der Waals surface area contributed by atoms with Crippen molar-refractivity contribution in [1.29, 1.82) is 0 Å². The van der Waals surface area contributed by atoms with Crippen molar-refractivity contribution in [2.24, 2.45) is 0 Å². The minimum Gasteiger partial charge on any atom is -0.320 e. The molecule has 4 rings (SSSR count). The molecule has 0 N–H and O–H groups in total. The van der Waals surface area contributed by atoms with Crippen molar-refractivity contribution in [3.8, 4) is 0 Å². The van der Waals surface area contributed by atoms with Crippen LogP contribution in [0, 0.1) is 12.7 Å². The molecule has 0 aliphatic carbocycles. The fraction of sp³-hybridized carbons (Fsp3) is 0.409. The second-order valence-corrected chi connectivity index (χ2v) is 9.87. The maximum Gasteiger partial charge on any atom is 0.320 e. The van der Waals surface area contributed by atoms with Crippen LogP contribution in [-0.2, 0) is 16.6 Å². The average molecular weight is 432 g/mol. The SMILES string of the molecule is Cc1cc(S(=O)(=O)N2CCC(N3CCN(Cc4ccccc4)C3=O)CC2)ccc1F. The van der Waals surface area contributed by atoms with Crippen LogP contribution in [0.3, 0.4) is 0 Å². The molecule has 0 saturated carbocycles. The molecule has 2 heterocycles. The van der Waals surface area contributed by atoms with E-state index in [-0.39, 0.29) is 17.0 Å². The Morgan fingerprint density at radius 2 is 1.70 bits per heavy atom. The van der Waals surface area contributed by atoms with E-state index >= 15 is 0 Å². The van der Waals surface area contributed by atoms with Gasteiger partial charge >= 0.3 is 6.03 Å². The maximum absolute atomic E-state index is 13.5. The second-order valence-electron chi connectivity index (χ2n) is 7.93. The fourth-order valence-corrected chi connectivity index (χ4v) is 5.77. The number of sulfonamides is 1. The Morgan fingerprint density at radius 1 is 1.00 bits per heavy atom. The first kappa shape index (κ1) is 20.8. The van der Waals surface area contributed by atoms with Crippen LogP contribution in [0.1, 0.15) is 24.0 Å². The molecule has 2 aromatic rings. The summed E-state index contributed by atoms with van der Waals surface area (Å²) in [6.07, 6.45) is 1.20. The predicted molar refractivity (Wildman–Crippen MR) is 112 cm³/mol. The molecule has 8 heteroatoms. The van der Waals surface area contributed by atoms with Crippen molar-refractivity contribution in [3.63, 3.8) is 0 Å². The zero-order chi connectivity index (χ0) is 21.3. The molecule has 0 atom stereocenters. The number of aryl methyl sites for hydroxylation is 1. The molecular formula is C22H26FN3O3S. The summed E-state index contributed by atoms with van der Waals surface area (Å²) in [5.41, 5.74) is 1.41. The number of hydrogen-bond donors (Lipinski definition) is 0. The van der Waals surface area contributed by atoms with Crippen LogP contribution in [-0.4, -0.2) is 60.8 Å². The van der Waals surface area contributed by atoms with Gasteiger partial charge in [0.2, 0.25) is 10.0 Å². The Labute approximate surface area is 176 Å². The van der Waals surface area contributed by atoms with E-state index in [1.165, 1.54) is 22.5 Å². The quantitative estimate of drug-likeness (QED) is 0.730. The van der Waals surface area contributed by atoms with Crippen LogP contribution < -0.4 is 0 Å². The van der Waals surface area contributed by atoms with Gasteiger partial charge in [0, 0.05) is 38.8 Å². The fourth-order valence-electron chi connectivity index (χ4n) is 4.21. The smallest absolute Gasteiger partial charge is 0.320 e. The number of rotatable bonds is 5. The summed E-state index contributed by atoms with van der Waals surface area (Å²) in [5, 5.41) is 0. The molecule has 2 saturated heterocycles. The number of benzene rings is 2. The van der Waals surface area contributed by atoms with Gasteiger partial charge in [-0.25, -0.2) is 17.6 Å². The first-order valence-electron chi connectivity index (χ1n) is 10.2. The zero-order valence-corrected chi connectivity index (χ0v) is 17.8. The Bertz CT molecular complexity index is 1020. The molecule has 2 aromatic carbocycles. The van der Waals surface area contributed by atoms with E-state index < -0.39 is 15.8 Å². The van der Waals surface area contributed by atoms with E-state index in [2.05, 4.69) is 0 Å². The van der Waals surface area contributed by atoms with Gasteiger partial charge < -0.3 is 9.80 Å². The van der Waals surface area contributed by atoms with Gasteiger partial charge in [-0.3, -0.25) is 0 Å². The predicted octanol–water partition coefficient (Wildman–Crippen LogP) is 3.23. The number of nitrogens with zero attached hydrogens (tertiary/aromatic N) is 3. The summed E-state index contributed by atoms with van der Waals surface area (Å²) in [7, 11) is -3.66. The number of piperidine rings is 1. The van der Waals surface area contributed by atoms with Crippen LogP contribution in [0.2, 0.25) is 0 Å². The molecule has 160 valence electrons. The van der Waals surface area contributed by atoms with Gasteiger partial charge in [-0.05, 0) is 49.1 Å². The van der Waals surface area contributed by atoms with Crippen molar-refractivity contribution in [1.82, 2.24) is 14.1 Å². The van der Waals surface area contributed by atoms with E-state index in [0.29, 0.717) is 51.1 Å². The Morgan fingerprint density at radius 3 is 2.37 bits per heavy atom. The largest absolute Gasteiger partial charge is 0.320 e. The summed E-state index contributed by atoms with van der Waals surface area (Å²) in [4.78, 5) is 16.7. The van der Waals surface area contributed by atoms with E-state index in [1.54, 1.807) is 6.92 Å². The molecule has 2 amide bonds. The van der Waals surface area contributed by atoms with E-state index in [0.717, 1.165) is 5.56 Å². The van der Waals surface area contributed by atoms with Gasteiger partial charge in [0.25, 0.3) is 0 Å². The second kappa shape index (κ2) is 8.35. The molecule has 0 unspecified atom stereocenters. The van der Waals surface area contributed by atoms with Crippen molar-refractivity contribution < 1.29 is 17.6 Å². The highest BCUT2D eigenvalue weighted by molar-refractivity contribution is 7.89. The van der Waals surface area contributed by atoms with Crippen molar-refractivity contribution in [3.05, 3.63) is 65.5 Å². The summed E-state index contributed by atoms with van der Waals surface area (Å²) in [5.74, 6) is -0.416. The van der Waals surface area contributed by atoms with E-state index in [9.17, 15) is 17.6 Å². The summed E-state index contributed by atoms with van der Waals surface area (Å²) >= 11 is 0. The molecule has 2 aliphatic rings. The lowest BCUT2D eigenvalue weighted by Gasteiger charge is -2.36. The van der Waals surface area contributed by atoms with Crippen LogP contribution >= 0.6 is 0 Å². The molecule has 0 spiro atoms. The van der Waals surface area contributed by atoms with Gasteiger partial charge in [0.15, 0.2) is 0 Å².